The maximum absolute atomic E-state index is 5.61. The summed E-state index contributed by atoms with van der Waals surface area (Å²) in [6, 6.07) is 10.1. The first-order valence-electron chi connectivity index (χ1n) is 5.44. The van der Waals surface area contributed by atoms with Crippen LogP contribution >= 0.6 is 0 Å². The van der Waals surface area contributed by atoms with Crippen LogP contribution < -0.4 is 0 Å². The molecular formula is C14H15NO. The quantitative estimate of drug-likeness (QED) is 0.722. The highest BCUT2D eigenvalue weighted by Crippen LogP contribution is 2.23. The molecule has 0 N–H and O–H groups in total. The maximum atomic E-state index is 5.61. The van der Waals surface area contributed by atoms with Crippen molar-refractivity contribution in [3.05, 3.63) is 54.6 Å². The molecule has 0 bridgehead atoms. The third-order valence-corrected chi connectivity index (χ3v) is 2.45. The topological polar surface area (TPSA) is 26.0 Å². The Morgan fingerprint density at radius 3 is 2.75 bits per heavy atom. The van der Waals surface area contributed by atoms with Crippen LogP contribution in [-0.4, -0.2) is 4.98 Å². The van der Waals surface area contributed by atoms with E-state index in [1.807, 2.05) is 43.3 Å². The summed E-state index contributed by atoms with van der Waals surface area (Å²) in [5, 5.41) is 0. The lowest BCUT2D eigenvalue weighted by molar-refractivity contribution is 0.472. The Balaban J connectivity index is 2.28. The van der Waals surface area contributed by atoms with Crippen LogP contribution in [0.2, 0.25) is 0 Å². The molecule has 16 heavy (non-hydrogen) atoms. The van der Waals surface area contributed by atoms with E-state index < -0.39 is 0 Å². The van der Waals surface area contributed by atoms with E-state index in [0.717, 1.165) is 35.7 Å². The molecule has 0 aliphatic carbocycles. The molecule has 0 unspecified atom stereocenters. The first-order chi connectivity index (χ1) is 7.81. The van der Waals surface area contributed by atoms with Crippen LogP contribution in [0.4, 0.5) is 0 Å². The van der Waals surface area contributed by atoms with Crippen LogP contribution in [0.15, 0.2) is 47.4 Å². The van der Waals surface area contributed by atoms with Crippen molar-refractivity contribution in [2.24, 2.45) is 0 Å². The summed E-state index contributed by atoms with van der Waals surface area (Å²) >= 11 is 0. The smallest absolute Gasteiger partial charge is 0.195 e. The predicted molar refractivity (Wildman–Crippen MR) is 65.2 cm³/mol. The van der Waals surface area contributed by atoms with E-state index >= 15 is 0 Å². The van der Waals surface area contributed by atoms with Crippen LogP contribution in [0.5, 0.6) is 0 Å². The van der Waals surface area contributed by atoms with Crippen LogP contribution in [0.25, 0.3) is 11.3 Å². The Hall–Kier alpha value is -1.83. The molecule has 0 saturated carbocycles. The van der Waals surface area contributed by atoms with Crippen LogP contribution in [0.1, 0.15) is 18.1 Å². The number of aryl methyl sites for hydroxylation is 2. The fraction of sp³-hybridized carbons (Fsp3) is 0.214. The van der Waals surface area contributed by atoms with Crippen LogP contribution in [0.3, 0.4) is 0 Å². The Bertz CT molecular complexity index is 471. The van der Waals surface area contributed by atoms with Gasteiger partial charge in [-0.3, -0.25) is 0 Å². The largest absolute Gasteiger partial charge is 0.445 e. The molecule has 2 aromatic rings. The van der Waals surface area contributed by atoms with Crippen molar-refractivity contribution in [2.45, 2.75) is 19.8 Å². The summed E-state index contributed by atoms with van der Waals surface area (Å²) in [7, 11) is 0. The first-order valence-corrected chi connectivity index (χ1v) is 5.44. The lowest BCUT2D eigenvalue weighted by Crippen LogP contribution is -1.83. The summed E-state index contributed by atoms with van der Waals surface area (Å²) in [5.41, 5.74) is 2.05. The van der Waals surface area contributed by atoms with Gasteiger partial charge in [-0.15, -0.1) is 6.58 Å². The van der Waals surface area contributed by atoms with E-state index in [4.69, 9.17) is 4.42 Å². The molecule has 1 heterocycles. The normalized spacial score (nSPS) is 10.3. The molecule has 1 aromatic heterocycles. The van der Waals surface area contributed by atoms with Gasteiger partial charge < -0.3 is 4.42 Å². The van der Waals surface area contributed by atoms with Crippen molar-refractivity contribution < 1.29 is 4.42 Å². The van der Waals surface area contributed by atoms with E-state index in [0.29, 0.717) is 0 Å². The third-order valence-electron chi connectivity index (χ3n) is 2.45. The number of nitrogens with zero attached hydrogens (tertiary/aromatic N) is 1. The SMILES string of the molecule is C=CCCc1nc(-c2ccccc2)c(C)o1. The summed E-state index contributed by atoms with van der Waals surface area (Å²) in [6.07, 6.45) is 3.59. The number of benzene rings is 1. The molecule has 2 heteroatoms. The van der Waals surface area contributed by atoms with Gasteiger partial charge in [-0.25, -0.2) is 4.98 Å². The highest BCUT2D eigenvalue weighted by molar-refractivity contribution is 5.60. The summed E-state index contributed by atoms with van der Waals surface area (Å²) in [4.78, 5) is 4.50. The second-order valence-corrected chi connectivity index (χ2v) is 3.71. The summed E-state index contributed by atoms with van der Waals surface area (Å²) in [5.74, 6) is 1.67. The molecule has 82 valence electrons. The zero-order valence-corrected chi connectivity index (χ0v) is 9.44. The second-order valence-electron chi connectivity index (χ2n) is 3.71. The van der Waals surface area contributed by atoms with Crippen molar-refractivity contribution in [2.75, 3.05) is 0 Å². The first kappa shape index (κ1) is 10.7. The van der Waals surface area contributed by atoms with Crippen molar-refractivity contribution in [3.63, 3.8) is 0 Å². The number of aromatic nitrogens is 1. The minimum Gasteiger partial charge on any atom is -0.445 e. The number of allylic oxidation sites excluding steroid dienone is 1. The highest BCUT2D eigenvalue weighted by atomic mass is 16.4. The van der Waals surface area contributed by atoms with E-state index in [2.05, 4.69) is 11.6 Å². The molecule has 2 nitrogen and oxygen atoms in total. The molecule has 1 aromatic carbocycles. The van der Waals surface area contributed by atoms with Crippen molar-refractivity contribution >= 4 is 0 Å². The standard InChI is InChI=1S/C14H15NO/c1-3-4-10-13-15-14(11(2)16-13)12-8-6-5-7-9-12/h3,5-9H,1,4,10H2,2H3. The van der Waals surface area contributed by atoms with Gasteiger partial charge in [0.05, 0.1) is 0 Å². The lowest BCUT2D eigenvalue weighted by Gasteiger charge is -1.94. The Kier molecular flexibility index (Phi) is 3.20. The predicted octanol–water partition coefficient (Wildman–Crippen LogP) is 3.77. The van der Waals surface area contributed by atoms with Gasteiger partial charge in [-0.05, 0) is 13.3 Å². The molecule has 0 amide bonds. The third kappa shape index (κ3) is 2.22. The molecule has 0 spiro atoms. The Morgan fingerprint density at radius 1 is 1.31 bits per heavy atom. The van der Waals surface area contributed by atoms with Crippen LogP contribution in [0, 0.1) is 6.92 Å². The van der Waals surface area contributed by atoms with Gasteiger partial charge in [0.1, 0.15) is 11.5 Å². The van der Waals surface area contributed by atoms with Gasteiger partial charge in [-0.2, -0.15) is 0 Å². The zero-order valence-electron chi connectivity index (χ0n) is 9.44. The maximum Gasteiger partial charge on any atom is 0.195 e. The molecule has 0 fully saturated rings. The minimum absolute atomic E-state index is 0.788. The van der Waals surface area contributed by atoms with Gasteiger partial charge in [-0.1, -0.05) is 36.4 Å². The van der Waals surface area contributed by atoms with Crippen molar-refractivity contribution in [1.82, 2.24) is 4.98 Å². The fourth-order valence-corrected chi connectivity index (χ4v) is 1.65. The average molecular weight is 213 g/mol. The highest BCUT2D eigenvalue weighted by Gasteiger charge is 2.10. The summed E-state index contributed by atoms with van der Waals surface area (Å²) in [6.45, 7) is 5.64. The molecule has 2 rings (SSSR count). The molecule has 0 atom stereocenters. The average Bonchev–Trinajstić information content (AvgIpc) is 2.69. The second kappa shape index (κ2) is 4.79. The Labute approximate surface area is 95.6 Å². The van der Waals surface area contributed by atoms with Gasteiger partial charge in [0.2, 0.25) is 0 Å². The fourth-order valence-electron chi connectivity index (χ4n) is 1.65. The lowest BCUT2D eigenvalue weighted by atomic mass is 10.1. The zero-order chi connectivity index (χ0) is 11.4. The molecular weight excluding hydrogens is 198 g/mol. The molecule has 0 radical (unpaired) electrons. The monoisotopic (exact) mass is 213 g/mol. The number of rotatable bonds is 4. The van der Waals surface area contributed by atoms with E-state index in [9.17, 15) is 0 Å². The number of oxazole rings is 1. The molecule has 0 aliphatic heterocycles. The summed E-state index contributed by atoms with van der Waals surface area (Å²) < 4.78 is 5.61. The van der Waals surface area contributed by atoms with Crippen LogP contribution in [-0.2, 0) is 6.42 Å². The molecule has 0 saturated heterocycles. The number of hydrogen-bond donors (Lipinski definition) is 0. The van der Waals surface area contributed by atoms with Crippen molar-refractivity contribution in [3.8, 4) is 11.3 Å². The van der Waals surface area contributed by atoms with Gasteiger partial charge in [0.25, 0.3) is 0 Å². The van der Waals surface area contributed by atoms with Gasteiger partial charge in [0.15, 0.2) is 5.89 Å². The van der Waals surface area contributed by atoms with E-state index in [-0.39, 0.29) is 0 Å². The minimum atomic E-state index is 0.788. The number of hydrogen-bond acceptors (Lipinski definition) is 2. The van der Waals surface area contributed by atoms with Gasteiger partial charge in [0, 0.05) is 12.0 Å². The van der Waals surface area contributed by atoms with Gasteiger partial charge >= 0.3 is 0 Å². The van der Waals surface area contributed by atoms with Crippen molar-refractivity contribution in [1.29, 1.82) is 0 Å². The Morgan fingerprint density at radius 2 is 2.06 bits per heavy atom. The molecule has 0 aliphatic rings. The van der Waals surface area contributed by atoms with E-state index in [1.54, 1.807) is 0 Å². The van der Waals surface area contributed by atoms with E-state index in [1.165, 1.54) is 0 Å².